The number of aromatic nitrogens is 1. The minimum Gasteiger partial charge on any atom is -0.297 e. The van der Waals surface area contributed by atoms with Crippen LogP contribution in [0.15, 0.2) is 23.0 Å². The number of fused-ring (bicyclic) bond motifs is 1. The summed E-state index contributed by atoms with van der Waals surface area (Å²) >= 11 is 7.41. The van der Waals surface area contributed by atoms with Crippen LogP contribution in [0.25, 0.3) is 10.2 Å². The van der Waals surface area contributed by atoms with Crippen LogP contribution in [-0.2, 0) is 6.54 Å². The summed E-state index contributed by atoms with van der Waals surface area (Å²) in [6.45, 7) is 2.93. The summed E-state index contributed by atoms with van der Waals surface area (Å²) in [6.07, 6.45) is 3.34. The van der Waals surface area contributed by atoms with E-state index in [2.05, 4.69) is 6.92 Å². The van der Waals surface area contributed by atoms with E-state index in [0.29, 0.717) is 5.02 Å². The van der Waals surface area contributed by atoms with E-state index in [1.54, 1.807) is 4.57 Å². The van der Waals surface area contributed by atoms with Crippen LogP contribution in [0.4, 0.5) is 0 Å². The van der Waals surface area contributed by atoms with Crippen LogP contribution in [0.2, 0.25) is 5.02 Å². The zero-order valence-electron chi connectivity index (χ0n) is 9.20. The van der Waals surface area contributed by atoms with Crippen molar-refractivity contribution in [1.82, 2.24) is 4.57 Å². The van der Waals surface area contributed by atoms with Gasteiger partial charge >= 0.3 is 4.87 Å². The van der Waals surface area contributed by atoms with Crippen molar-refractivity contribution in [1.29, 1.82) is 0 Å². The Bertz CT molecular complexity index is 543. The molecule has 1 heterocycles. The van der Waals surface area contributed by atoms with Gasteiger partial charge in [-0.2, -0.15) is 0 Å². The normalized spacial score (nSPS) is 11.1. The molecule has 0 aliphatic carbocycles. The van der Waals surface area contributed by atoms with E-state index in [1.807, 2.05) is 18.2 Å². The summed E-state index contributed by atoms with van der Waals surface area (Å²) < 4.78 is 2.78. The van der Waals surface area contributed by atoms with E-state index < -0.39 is 0 Å². The molecule has 2 rings (SSSR count). The molecular weight excluding hydrogens is 242 g/mol. The fourth-order valence-corrected chi connectivity index (χ4v) is 3.08. The molecule has 0 fully saturated rings. The molecule has 2 aromatic rings. The molecule has 0 atom stereocenters. The first kappa shape index (κ1) is 11.7. The highest BCUT2D eigenvalue weighted by Crippen LogP contribution is 2.25. The maximum absolute atomic E-state index is 11.8. The number of para-hydroxylation sites is 1. The van der Waals surface area contributed by atoms with Gasteiger partial charge in [0, 0.05) is 6.54 Å². The van der Waals surface area contributed by atoms with Gasteiger partial charge < -0.3 is 0 Å². The third-order valence-electron chi connectivity index (χ3n) is 2.62. The lowest BCUT2D eigenvalue weighted by atomic mass is 10.2. The van der Waals surface area contributed by atoms with Crippen LogP contribution in [0.5, 0.6) is 0 Å². The fraction of sp³-hybridized carbons (Fsp3) is 0.417. The van der Waals surface area contributed by atoms with Gasteiger partial charge in [0.2, 0.25) is 0 Å². The van der Waals surface area contributed by atoms with E-state index >= 15 is 0 Å². The molecule has 0 amide bonds. The molecule has 2 nitrogen and oxygen atoms in total. The molecule has 4 heteroatoms. The number of aryl methyl sites for hydroxylation is 1. The molecule has 1 aromatic heterocycles. The highest BCUT2D eigenvalue weighted by atomic mass is 35.5. The van der Waals surface area contributed by atoms with Crippen molar-refractivity contribution in [2.75, 3.05) is 0 Å². The van der Waals surface area contributed by atoms with Gasteiger partial charge in [-0.05, 0) is 18.6 Å². The van der Waals surface area contributed by atoms with E-state index in [4.69, 9.17) is 11.6 Å². The second-order valence-corrected chi connectivity index (χ2v) is 5.21. The van der Waals surface area contributed by atoms with Gasteiger partial charge in [0.15, 0.2) is 0 Å². The number of rotatable bonds is 4. The predicted octanol–water partition coefficient (Wildman–Crippen LogP) is 3.91. The molecular formula is C12H14ClNOS. The summed E-state index contributed by atoms with van der Waals surface area (Å²) in [5.41, 5.74) is 0.898. The van der Waals surface area contributed by atoms with Gasteiger partial charge in [0.1, 0.15) is 0 Å². The molecule has 0 N–H and O–H groups in total. The lowest BCUT2D eigenvalue weighted by molar-refractivity contribution is 0.609. The largest absolute Gasteiger partial charge is 0.308 e. The molecule has 0 aliphatic heterocycles. The standard InChI is InChI=1S/C12H14ClNOS/c1-2-3-4-8-14-11-9(13)6-5-7-10(11)16-12(14)15/h5-7H,2-4,8H2,1H3. The van der Waals surface area contributed by atoms with Crippen LogP contribution in [0.3, 0.4) is 0 Å². The van der Waals surface area contributed by atoms with Crippen molar-refractivity contribution in [2.24, 2.45) is 0 Å². The summed E-state index contributed by atoms with van der Waals surface area (Å²) in [4.78, 5) is 11.9. The fourth-order valence-electron chi connectivity index (χ4n) is 1.80. The number of thiazole rings is 1. The molecule has 0 bridgehead atoms. The predicted molar refractivity (Wildman–Crippen MR) is 70.6 cm³/mol. The first-order valence-electron chi connectivity index (χ1n) is 5.52. The maximum atomic E-state index is 11.8. The van der Waals surface area contributed by atoms with Crippen LogP contribution in [-0.4, -0.2) is 4.57 Å². The summed E-state index contributed by atoms with van der Waals surface area (Å²) in [5, 5.41) is 0.673. The molecule has 0 saturated carbocycles. The van der Waals surface area contributed by atoms with E-state index in [-0.39, 0.29) is 4.87 Å². The summed E-state index contributed by atoms with van der Waals surface area (Å²) in [7, 11) is 0. The van der Waals surface area contributed by atoms with Gasteiger partial charge in [0.25, 0.3) is 0 Å². The number of unbranched alkanes of at least 4 members (excludes halogenated alkanes) is 2. The third-order valence-corrected chi connectivity index (χ3v) is 3.87. The lowest BCUT2D eigenvalue weighted by Crippen LogP contribution is -2.12. The molecule has 0 unspecified atom stereocenters. The first-order chi connectivity index (χ1) is 7.74. The second kappa shape index (κ2) is 5.02. The zero-order valence-corrected chi connectivity index (χ0v) is 10.8. The van der Waals surface area contributed by atoms with Crippen molar-refractivity contribution in [3.8, 4) is 0 Å². The number of benzene rings is 1. The molecule has 0 spiro atoms. The third kappa shape index (κ3) is 2.15. The molecule has 86 valence electrons. The van der Waals surface area contributed by atoms with Gasteiger partial charge in [-0.1, -0.05) is 48.8 Å². The van der Waals surface area contributed by atoms with Gasteiger partial charge in [0.05, 0.1) is 15.2 Å². The Morgan fingerprint density at radius 3 is 2.94 bits per heavy atom. The van der Waals surface area contributed by atoms with Crippen LogP contribution < -0.4 is 4.87 Å². The quantitative estimate of drug-likeness (QED) is 0.760. The van der Waals surface area contributed by atoms with Crippen molar-refractivity contribution >= 4 is 33.2 Å². The average molecular weight is 256 g/mol. The Hall–Kier alpha value is -0.800. The average Bonchev–Trinajstić information content (AvgIpc) is 2.57. The molecule has 0 saturated heterocycles. The zero-order chi connectivity index (χ0) is 11.5. The minimum atomic E-state index is 0.0965. The highest BCUT2D eigenvalue weighted by Gasteiger charge is 2.09. The SMILES string of the molecule is CCCCCn1c(=O)sc2cccc(Cl)c21. The van der Waals surface area contributed by atoms with Gasteiger partial charge in [-0.25, -0.2) is 0 Å². The van der Waals surface area contributed by atoms with Gasteiger partial charge in [-0.15, -0.1) is 0 Å². The monoisotopic (exact) mass is 255 g/mol. The van der Waals surface area contributed by atoms with Crippen molar-refractivity contribution < 1.29 is 0 Å². The Morgan fingerprint density at radius 2 is 2.19 bits per heavy atom. The van der Waals surface area contributed by atoms with Crippen molar-refractivity contribution in [3.63, 3.8) is 0 Å². The van der Waals surface area contributed by atoms with E-state index in [1.165, 1.54) is 11.3 Å². The number of halogens is 1. The molecule has 16 heavy (non-hydrogen) atoms. The summed E-state index contributed by atoms with van der Waals surface area (Å²) in [5.74, 6) is 0. The topological polar surface area (TPSA) is 22.0 Å². The van der Waals surface area contributed by atoms with Crippen molar-refractivity contribution in [2.45, 2.75) is 32.7 Å². The lowest BCUT2D eigenvalue weighted by Gasteiger charge is -2.03. The molecule has 0 radical (unpaired) electrons. The summed E-state index contributed by atoms with van der Waals surface area (Å²) in [6, 6.07) is 5.67. The maximum Gasteiger partial charge on any atom is 0.308 e. The van der Waals surface area contributed by atoms with E-state index in [0.717, 1.165) is 36.0 Å². The van der Waals surface area contributed by atoms with Gasteiger partial charge in [-0.3, -0.25) is 9.36 Å². The molecule has 1 aromatic carbocycles. The highest BCUT2D eigenvalue weighted by molar-refractivity contribution is 7.16. The van der Waals surface area contributed by atoms with Crippen LogP contribution in [0.1, 0.15) is 26.2 Å². The van der Waals surface area contributed by atoms with E-state index in [9.17, 15) is 4.79 Å². The Labute approximate surface area is 103 Å². The number of nitrogens with zero attached hydrogens (tertiary/aromatic N) is 1. The Kier molecular flexibility index (Phi) is 3.66. The minimum absolute atomic E-state index is 0.0965. The van der Waals surface area contributed by atoms with Crippen LogP contribution in [0, 0.1) is 0 Å². The number of hydrogen-bond donors (Lipinski definition) is 0. The second-order valence-electron chi connectivity index (χ2n) is 3.81. The Morgan fingerprint density at radius 1 is 1.38 bits per heavy atom. The Balaban J connectivity index is 2.43. The molecule has 0 aliphatic rings. The first-order valence-corrected chi connectivity index (χ1v) is 6.71. The smallest absolute Gasteiger partial charge is 0.297 e. The number of hydrogen-bond acceptors (Lipinski definition) is 2. The van der Waals surface area contributed by atoms with Crippen molar-refractivity contribution in [3.05, 3.63) is 32.9 Å². The van der Waals surface area contributed by atoms with Crippen LogP contribution >= 0.6 is 22.9 Å².